The zero-order chi connectivity index (χ0) is 14.3. The van der Waals surface area contributed by atoms with Gasteiger partial charge in [0, 0.05) is 22.8 Å². The van der Waals surface area contributed by atoms with Crippen molar-refractivity contribution in [3.63, 3.8) is 0 Å². The molecule has 1 aliphatic heterocycles. The van der Waals surface area contributed by atoms with E-state index in [-0.39, 0.29) is 17.2 Å². The molecule has 2 aromatic heterocycles. The maximum atomic E-state index is 12.0. The SMILES string of the molecule is CC(C)(C)[C@@H]1CC(=O)Nc2c1cnn2Cc1cccs1. The molecule has 0 fully saturated rings. The van der Waals surface area contributed by atoms with Gasteiger partial charge in [0.15, 0.2) is 0 Å². The Morgan fingerprint density at radius 2 is 2.30 bits per heavy atom. The lowest BCUT2D eigenvalue weighted by atomic mass is 9.74. The molecule has 1 amide bonds. The standard InChI is InChI=1S/C15H19N3OS/c1-15(2,3)12-7-13(19)17-14-11(12)8-16-18(14)9-10-5-4-6-20-10/h4-6,8,12H,7,9H2,1-3H3,(H,17,19)/t12-/m1/s1. The number of rotatable bonds is 2. The summed E-state index contributed by atoms with van der Waals surface area (Å²) in [5.41, 5.74) is 1.22. The van der Waals surface area contributed by atoms with Crippen LogP contribution in [0.1, 0.15) is 43.6 Å². The molecule has 1 N–H and O–H groups in total. The van der Waals surface area contributed by atoms with E-state index in [0.717, 1.165) is 11.4 Å². The Balaban J connectivity index is 1.97. The second-order valence-corrected chi connectivity index (χ2v) is 7.39. The minimum Gasteiger partial charge on any atom is -0.311 e. The molecule has 4 nitrogen and oxygen atoms in total. The lowest BCUT2D eigenvalue weighted by molar-refractivity contribution is -0.117. The number of aromatic nitrogens is 2. The highest BCUT2D eigenvalue weighted by Crippen LogP contribution is 2.43. The molecular formula is C15H19N3OS. The summed E-state index contributed by atoms with van der Waals surface area (Å²) in [5, 5.41) is 9.53. The second kappa shape index (κ2) is 4.74. The fraction of sp³-hybridized carbons (Fsp3) is 0.467. The molecule has 0 unspecified atom stereocenters. The summed E-state index contributed by atoms with van der Waals surface area (Å²) in [4.78, 5) is 13.2. The number of hydrogen-bond donors (Lipinski definition) is 1. The quantitative estimate of drug-likeness (QED) is 0.920. The third-order valence-corrected chi connectivity index (χ3v) is 4.68. The van der Waals surface area contributed by atoms with Crippen molar-refractivity contribution in [3.8, 4) is 0 Å². The molecular weight excluding hydrogens is 270 g/mol. The van der Waals surface area contributed by atoms with E-state index in [2.05, 4.69) is 42.6 Å². The van der Waals surface area contributed by atoms with Crippen molar-refractivity contribution in [2.45, 2.75) is 39.7 Å². The van der Waals surface area contributed by atoms with Crippen molar-refractivity contribution < 1.29 is 4.79 Å². The Hall–Kier alpha value is -1.62. The molecule has 1 aliphatic rings. The smallest absolute Gasteiger partial charge is 0.226 e. The van der Waals surface area contributed by atoms with Crippen molar-refractivity contribution in [3.05, 3.63) is 34.2 Å². The molecule has 106 valence electrons. The van der Waals surface area contributed by atoms with Crippen LogP contribution in [-0.2, 0) is 11.3 Å². The van der Waals surface area contributed by atoms with Gasteiger partial charge in [-0.15, -0.1) is 11.3 Å². The zero-order valence-electron chi connectivity index (χ0n) is 12.0. The largest absolute Gasteiger partial charge is 0.311 e. The summed E-state index contributed by atoms with van der Waals surface area (Å²) in [6.45, 7) is 7.24. The predicted molar refractivity (Wildman–Crippen MR) is 81.1 cm³/mol. The molecule has 0 aromatic carbocycles. The molecule has 1 atom stereocenters. The first-order valence-corrected chi connectivity index (χ1v) is 7.71. The normalized spacial score (nSPS) is 18.8. The van der Waals surface area contributed by atoms with Gasteiger partial charge in [0.2, 0.25) is 5.91 Å². The average molecular weight is 289 g/mol. The minimum atomic E-state index is 0.0588. The van der Waals surface area contributed by atoms with Crippen LogP contribution in [0.3, 0.4) is 0 Å². The first kappa shape index (κ1) is 13.4. The summed E-state index contributed by atoms with van der Waals surface area (Å²) >= 11 is 1.71. The van der Waals surface area contributed by atoms with Crippen LogP contribution in [0.2, 0.25) is 0 Å². The first-order chi connectivity index (χ1) is 9.45. The second-order valence-electron chi connectivity index (χ2n) is 6.36. The number of fused-ring (bicyclic) bond motifs is 1. The molecule has 0 spiro atoms. The maximum absolute atomic E-state index is 12.0. The van der Waals surface area contributed by atoms with Gasteiger partial charge in [0.05, 0.1) is 12.7 Å². The van der Waals surface area contributed by atoms with Crippen LogP contribution in [0, 0.1) is 5.41 Å². The van der Waals surface area contributed by atoms with E-state index in [0.29, 0.717) is 13.0 Å². The first-order valence-electron chi connectivity index (χ1n) is 6.83. The molecule has 3 heterocycles. The molecule has 0 saturated carbocycles. The number of carbonyl (C=O) groups is 1. The molecule has 3 rings (SSSR count). The van der Waals surface area contributed by atoms with E-state index in [9.17, 15) is 4.79 Å². The summed E-state index contributed by atoms with van der Waals surface area (Å²) < 4.78 is 1.90. The van der Waals surface area contributed by atoms with E-state index in [4.69, 9.17) is 0 Å². The van der Waals surface area contributed by atoms with E-state index in [1.165, 1.54) is 4.88 Å². The number of amides is 1. The van der Waals surface area contributed by atoms with Crippen molar-refractivity contribution in [1.82, 2.24) is 9.78 Å². The summed E-state index contributed by atoms with van der Waals surface area (Å²) in [6.07, 6.45) is 2.46. The van der Waals surface area contributed by atoms with Crippen LogP contribution in [0.15, 0.2) is 23.7 Å². The van der Waals surface area contributed by atoms with Crippen molar-refractivity contribution in [1.29, 1.82) is 0 Å². The predicted octanol–water partition coefficient (Wildman–Crippen LogP) is 3.46. The molecule has 20 heavy (non-hydrogen) atoms. The van der Waals surface area contributed by atoms with Gasteiger partial charge in [-0.1, -0.05) is 26.8 Å². The van der Waals surface area contributed by atoms with E-state index < -0.39 is 0 Å². The summed E-state index contributed by atoms with van der Waals surface area (Å²) in [7, 11) is 0. The highest BCUT2D eigenvalue weighted by Gasteiger charge is 2.36. The van der Waals surface area contributed by atoms with Gasteiger partial charge in [-0.2, -0.15) is 5.10 Å². The van der Waals surface area contributed by atoms with E-state index in [1.54, 1.807) is 11.3 Å². The summed E-state index contributed by atoms with van der Waals surface area (Å²) in [5.74, 6) is 1.18. The third kappa shape index (κ3) is 2.38. The Labute approximate surface area is 122 Å². The Morgan fingerprint density at radius 1 is 1.50 bits per heavy atom. The van der Waals surface area contributed by atoms with Crippen molar-refractivity contribution >= 4 is 23.1 Å². The van der Waals surface area contributed by atoms with Gasteiger partial charge < -0.3 is 5.32 Å². The third-order valence-electron chi connectivity index (χ3n) is 3.82. The Morgan fingerprint density at radius 3 is 2.95 bits per heavy atom. The van der Waals surface area contributed by atoms with Crippen molar-refractivity contribution in [2.24, 2.45) is 5.41 Å². The van der Waals surface area contributed by atoms with Crippen LogP contribution in [-0.4, -0.2) is 15.7 Å². The van der Waals surface area contributed by atoms with Gasteiger partial charge in [-0.25, -0.2) is 4.68 Å². The minimum absolute atomic E-state index is 0.0588. The molecule has 0 aliphatic carbocycles. The Bertz CT molecular complexity index is 622. The number of carbonyl (C=O) groups excluding carboxylic acids is 1. The highest BCUT2D eigenvalue weighted by molar-refractivity contribution is 7.09. The molecule has 0 saturated heterocycles. The van der Waals surface area contributed by atoms with Gasteiger partial charge in [0.1, 0.15) is 5.82 Å². The van der Waals surface area contributed by atoms with E-state index >= 15 is 0 Å². The van der Waals surface area contributed by atoms with Crippen LogP contribution in [0.25, 0.3) is 0 Å². The zero-order valence-corrected chi connectivity index (χ0v) is 12.8. The van der Waals surface area contributed by atoms with Gasteiger partial charge in [0.25, 0.3) is 0 Å². The number of nitrogens with zero attached hydrogens (tertiary/aromatic N) is 2. The molecule has 2 aromatic rings. The average Bonchev–Trinajstić information content (AvgIpc) is 2.98. The van der Waals surface area contributed by atoms with Crippen LogP contribution in [0.5, 0.6) is 0 Å². The van der Waals surface area contributed by atoms with Gasteiger partial charge >= 0.3 is 0 Å². The molecule has 0 radical (unpaired) electrons. The lowest BCUT2D eigenvalue weighted by Gasteiger charge is -2.33. The maximum Gasteiger partial charge on any atom is 0.226 e. The van der Waals surface area contributed by atoms with Gasteiger partial charge in [-0.05, 0) is 16.9 Å². The monoisotopic (exact) mass is 289 g/mol. The van der Waals surface area contributed by atoms with Crippen LogP contribution >= 0.6 is 11.3 Å². The van der Waals surface area contributed by atoms with Crippen LogP contribution in [0.4, 0.5) is 5.82 Å². The topological polar surface area (TPSA) is 46.9 Å². The summed E-state index contributed by atoms with van der Waals surface area (Å²) in [6, 6.07) is 4.12. The van der Waals surface area contributed by atoms with E-state index in [1.807, 2.05) is 16.9 Å². The van der Waals surface area contributed by atoms with Crippen molar-refractivity contribution in [2.75, 3.05) is 5.32 Å². The van der Waals surface area contributed by atoms with Gasteiger partial charge in [-0.3, -0.25) is 4.79 Å². The number of nitrogens with one attached hydrogen (secondary N) is 1. The lowest BCUT2D eigenvalue weighted by Crippen LogP contribution is -2.30. The highest BCUT2D eigenvalue weighted by atomic mass is 32.1. The molecule has 5 heteroatoms. The van der Waals surface area contributed by atoms with Crippen LogP contribution < -0.4 is 5.32 Å². The fourth-order valence-electron chi connectivity index (χ4n) is 2.71. The molecule has 0 bridgehead atoms. The Kier molecular flexibility index (Phi) is 3.17. The number of thiophene rings is 1. The number of hydrogen-bond acceptors (Lipinski definition) is 3. The fourth-order valence-corrected chi connectivity index (χ4v) is 3.40. The number of anilines is 1.